The number of carbonyl (C=O) groups is 2. The molecule has 142 valence electrons. The second-order valence-electron chi connectivity index (χ2n) is 7.61. The molecule has 2 aliphatic rings. The second-order valence-corrected chi connectivity index (χ2v) is 7.61. The monoisotopic (exact) mass is 358 g/mol. The summed E-state index contributed by atoms with van der Waals surface area (Å²) in [5.41, 5.74) is 0.657. The maximum Gasteiger partial charge on any atom is 0.227 e. The molecule has 1 amide bonds. The number of nitrogens with zero attached hydrogens (tertiary/aromatic N) is 2. The van der Waals surface area contributed by atoms with Crippen LogP contribution in [0.5, 0.6) is 0 Å². The number of methoxy groups -OCH3 is 1. The third-order valence-corrected chi connectivity index (χ3v) is 6.16. The largest absolute Gasteiger partial charge is 0.383 e. The predicted molar refractivity (Wildman–Crippen MR) is 101 cm³/mol. The Labute approximate surface area is 156 Å². The smallest absolute Gasteiger partial charge is 0.227 e. The van der Waals surface area contributed by atoms with E-state index in [0.717, 1.165) is 44.5 Å². The fourth-order valence-electron chi connectivity index (χ4n) is 4.43. The zero-order valence-electron chi connectivity index (χ0n) is 15.9. The highest BCUT2D eigenvalue weighted by Crippen LogP contribution is 2.37. The average Bonchev–Trinajstić information content (AvgIpc) is 3.15. The van der Waals surface area contributed by atoms with Gasteiger partial charge < -0.3 is 14.5 Å². The van der Waals surface area contributed by atoms with Crippen LogP contribution in [0.3, 0.4) is 0 Å². The lowest BCUT2D eigenvalue weighted by Crippen LogP contribution is -2.50. The first-order valence-corrected chi connectivity index (χ1v) is 9.63. The maximum atomic E-state index is 12.9. The van der Waals surface area contributed by atoms with Crippen LogP contribution in [0.25, 0.3) is 0 Å². The summed E-state index contributed by atoms with van der Waals surface area (Å²) in [5.74, 6) is 0.561. The third kappa shape index (κ3) is 3.84. The van der Waals surface area contributed by atoms with Crippen LogP contribution >= 0.6 is 0 Å². The van der Waals surface area contributed by atoms with Crippen LogP contribution in [0.15, 0.2) is 30.3 Å². The van der Waals surface area contributed by atoms with E-state index in [1.807, 2.05) is 35.2 Å². The highest BCUT2D eigenvalue weighted by atomic mass is 16.5. The number of rotatable bonds is 6. The number of ether oxygens (including phenoxy) is 1. The van der Waals surface area contributed by atoms with Gasteiger partial charge in [0.25, 0.3) is 0 Å². The Hall–Kier alpha value is -1.72. The Morgan fingerprint density at radius 1 is 1.15 bits per heavy atom. The fourth-order valence-corrected chi connectivity index (χ4v) is 4.43. The summed E-state index contributed by atoms with van der Waals surface area (Å²) in [6, 6.07) is 10.0. The van der Waals surface area contributed by atoms with Crippen LogP contribution in [0, 0.1) is 5.92 Å². The normalized spacial score (nSPS) is 23.2. The minimum absolute atomic E-state index is 0.0911. The van der Waals surface area contributed by atoms with Crippen LogP contribution in [0.1, 0.15) is 31.7 Å². The van der Waals surface area contributed by atoms with Gasteiger partial charge in [-0.05, 0) is 38.3 Å². The lowest BCUT2D eigenvalue weighted by molar-refractivity contribution is -0.139. The second kappa shape index (κ2) is 8.31. The molecule has 2 saturated heterocycles. The standard InChI is InChI=1S/C21H30N2O3/c1-17(24)21(19-6-4-3-5-7-19)9-12-23(13-10-21)20(25)18-8-11-22(16-18)14-15-26-2/h3-7,18H,8-16H2,1-2H3/t18-/m0/s1. The molecule has 5 nitrogen and oxygen atoms in total. The summed E-state index contributed by atoms with van der Waals surface area (Å²) in [6.07, 6.45) is 2.37. The van der Waals surface area contributed by atoms with Crippen molar-refractivity contribution >= 4 is 11.7 Å². The molecule has 5 heteroatoms. The van der Waals surface area contributed by atoms with Crippen LogP contribution in [-0.4, -0.2) is 67.9 Å². The van der Waals surface area contributed by atoms with Crippen molar-refractivity contribution in [2.75, 3.05) is 46.4 Å². The summed E-state index contributed by atoms with van der Waals surface area (Å²) >= 11 is 0. The van der Waals surface area contributed by atoms with E-state index in [2.05, 4.69) is 4.90 Å². The average molecular weight is 358 g/mol. The number of amides is 1. The van der Waals surface area contributed by atoms with Crippen LogP contribution in [-0.2, 0) is 19.7 Å². The Balaban J connectivity index is 1.61. The maximum absolute atomic E-state index is 12.9. The van der Waals surface area contributed by atoms with E-state index >= 15 is 0 Å². The van der Waals surface area contributed by atoms with Gasteiger partial charge in [0.2, 0.25) is 5.91 Å². The van der Waals surface area contributed by atoms with E-state index in [4.69, 9.17) is 4.74 Å². The molecule has 2 heterocycles. The van der Waals surface area contributed by atoms with Gasteiger partial charge in [0.1, 0.15) is 5.78 Å². The van der Waals surface area contributed by atoms with E-state index in [-0.39, 0.29) is 17.6 Å². The van der Waals surface area contributed by atoms with Gasteiger partial charge in [-0.3, -0.25) is 9.59 Å². The first-order chi connectivity index (χ1) is 12.6. The van der Waals surface area contributed by atoms with E-state index < -0.39 is 5.41 Å². The molecule has 3 rings (SSSR count). The Kier molecular flexibility index (Phi) is 6.09. The molecule has 0 N–H and O–H groups in total. The van der Waals surface area contributed by atoms with Crippen molar-refractivity contribution in [3.8, 4) is 0 Å². The fraction of sp³-hybridized carbons (Fsp3) is 0.619. The van der Waals surface area contributed by atoms with Crippen molar-refractivity contribution in [3.63, 3.8) is 0 Å². The number of hydrogen-bond acceptors (Lipinski definition) is 4. The first-order valence-electron chi connectivity index (χ1n) is 9.63. The molecule has 0 radical (unpaired) electrons. The Morgan fingerprint density at radius 2 is 1.85 bits per heavy atom. The number of Topliss-reactive ketones (excluding diaryl/α,β-unsaturated/α-hetero) is 1. The summed E-state index contributed by atoms with van der Waals surface area (Å²) in [6.45, 7) is 6.42. The molecule has 0 spiro atoms. The number of ketones is 1. The first kappa shape index (κ1) is 19.1. The van der Waals surface area contributed by atoms with Crippen LogP contribution in [0.4, 0.5) is 0 Å². The topological polar surface area (TPSA) is 49.9 Å². The molecule has 0 unspecified atom stereocenters. The molecule has 1 atom stereocenters. The Bertz CT molecular complexity index is 623. The number of piperidine rings is 1. The Morgan fingerprint density at radius 3 is 2.46 bits per heavy atom. The molecule has 0 saturated carbocycles. The zero-order valence-corrected chi connectivity index (χ0v) is 15.9. The summed E-state index contributed by atoms with van der Waals surface area (Å²) in [4.78, 5) is 29.7. The minimum Gasteiger partial charge on any atom is -0.383 e. The van der Waals surface area contributed by atoms with Gasteiger partial charge in [0.05, 0.1) is 17.9 Å². The van der Waals surface area contributed by atoms with Gasteiger partial charge in [0.15, 0.2) is 0 Å². The van der Waals surface area contributed by atoms with Gasteiger partial charge >= 0.3 is 0 Å². The van der Waals surface area contributed by atoms with Gasteiger partial charge in [-0.15, -0.1) is 0 Å². The minimum atomic E-state index is -0.432. The lowest BCUT2D eigenvalue weighted by Gasteiger charge is -2.41. The molecule has 1 aromatic rings. The van der Waals surface area contributed by atoms with Gasteiger partial charge in [0, 0.05) is 33.3 Å². The molecular weight excluding hydrogens is 328 g/mol. The molecule has 2 fully saturated rings. The van der Waals surface area contributed by atoms with Crippen molar-refractivity contribution in [2.45, 2.75) is 31.6 Å². The molecule has 2 aliphatic heterocycles. The van der Waals surface area contributed by atoms with E-state index in [0.29, 0.717) is 19.7 Å². The van der Waals surface area contributed by atoms with E-state index in [1.54, 1.807) is 14.0 Å². The third-order valence-electron chi connectivity index (χ3n) is 6.16. The van der Waals surface area contributed by atoms with Crippen molar-refractivity contribution in [1.82, 2.24) is 9.80 Å². The highest BCUT2D eigenvalue weighted by molar-refractivity contribution is 5.88. The van der Waals surface area contributed by atoms with Gasteiger partial charge in [-0.1, -0.05) is 30.3 Å². The van der Waals surface area contributed by atoms with Gasteiger partial charge in [-0.25, -0.2) is 0 Å². The molecular formula is C21H30N2O3. The van der Waals surface area contributed by atoms with Crippen molar-refractivity contribution in [2.24, 2.45) is 5.92 Å². The zero-order chi connectivity index (χ0) is 18.6. The molecule has 0 aromatic heterocycles. The van der Waals surface area contributed by atoms with E-state index in [1.165, 1.54) is 0 Å². The molecule has 0 aliphatic carbocycles. The number of hydrogen-bond donors (Lipinski definition) is 0. The quantitative estimate of drug-likeness (QED) is 0.781. The lowest BCUT2D eigenvalue weighted by atomic mass is 9.70. The van der Waals surface area contributed by atoms with Crippen molar-refractivity contribution in [1.29, 1.82) is 0 Å². The number of benzene rings is 1. The van der Waals surface area contributed by atoms with Gasteiger partial charge in [-0.2, -0.15) is 0 Å². The number of carbonyl (C=O) groups excluding carboxylic acids is 2. The number of likely N-dealkylation sites (tertiary alicyclic amines) is 2. The SMILES string of the molecule is COCCN1CC[C@H](C(=O)N2CCC(C(C)=O)(c3ccccc3)CC2)C1. The van der Waals surface area contributed by atoms with Crippen LogP contribution < -0.4 is 0 Å². The molecule has 1 aromatic carbocycles. The van der Waals surface area contributed by atoms with Crippen LogP contribution in [0.2, 0.25) is 0 Å². The van der Waals surface area contributed by atoms with E-state index in [9.17, 15) is 9.59 Å². The van der Waals surface area contributed by atoms with Crippen molar-refractivity contribution < 1.29 is 14.3 Å². The highest BCUT2D eigenvalue weighted by Gasteiger charge is 2.42. The summed E-state index contributed by atoms with van der Waals surface area (Å²) in [7, 11) is 1.71. The van der Waals surface area contributed by atoms with Crippen molar-refractivity contribution in [3.05, 3.63) is 35.9 Å². The summed E-state index contributed by atoms with van der Waals surface area (Å²) < 4.78 is 5.13. The predicted octanol–water partition coefficient (Wildman–Crippen LogP) is 2.10. The molecule has 0 bridgehead atoms. The molecule has 26 heavy (non-hydrogen) atoms. The summed E-state index contributed by atoms with van der Waals surface area (Å²) in [5, 5.41) is 0.